The van der Waals surface area contributed by atoms with E-state index >= 15 is 0 Å². The summed E-state index contributed by atoms with van der Waals surface area (Å²) < 4.78 is 2.92. The molecule has 0 aliphatic heterocycles. The highest BCUT2D eigenvalue weighted by Crippen LogP contribution is 2.23. The first-order chi connectivity index (χ1) is 6.75. The molecule has 1 N–H and O–H groups in total. The van der Waals surface area contributed by atoms with E-state index in [1.54, 1.807) is 6.07 Å². The van der Waals surface area contributed by atoms with Gasteiger partial charge in [-0.3, -0.25) is 14.8 Å². The zero-order chi connectivity index (χ0) is 10.4. The number of pyridine rings is 1. The van der Waals surface area contributed by atoms with Gasteiger partial charge in [0.25, 0.3) is 0 Å². The van der Waals surface area contributed by atoms with E-state index in [2.05, 4.69) is 22.3 Å². The summed E-state index contributed by atoms with van der Waals surface area (Å²) in [5.74, 6) is 0.674. The van der Waals surface area contributed by atoms with Crippen molar-refractivity contribution in [1.29, 1.82) is 0 Å². The highest BCUT2D eigenvalue weighted by Gasteiger charge is 2.13. The van der Waals surface area contributed by atoms with E-state index in [1.807, 2.05) is 0 Å². The van der Waals surface area contributed by atoms with Gasteiger partial charge in [-0.15, -0.1) is 0 Å². The molecular weight excluding hydrogens is 222 g/mol. The van der Waals surface area contributed by atoms with E-state index < -0.39 is 4.92 Å². The average Bonchev–Trinajstić information content (AvgIpc) is 2.19. The zero-order valence-electron chi connectivity index (χ0n) is 7.21. The third kappa shape index (κ3) is 3.17. The lowest BCUT2D eigenvalue weighted by Crippen LogP contribution is -2.07. The van der Waals surface area contributed by atoms with Gasteiger partial charge < -0.3 is 0 Å². The van der Waals surface area contributed by atoms with Gasteiger partial charge in [-0.1, -0.05) is 0 Å². The number of nitro groups is 1. The summed E-state index contributed by atoms with van der Waals surface area (Å²) in [5.41, 5.74) is 0.0177. The standard InChI is InChI=1S/C7H9N3O2S2/c11-10(12)6-2-1-3-8-7(6)14-9-4-5-13/h1-3,9,13H,4-5H2. The number of hydrogen-bond acceptors (Lipinski definition) is 6. The molecule has 14 heavy (non-hydrogen) atoms. The first kappa shape index (κ1) is 11.3. The summed E-state index contributed by atoms with van der Waals surface area (Å²) in [6.45, 7) is 0.668. The van der Waals surface area contributed by atoms with Gasteiger partial charge in [0.05, 0.1) is 4.92 Å². The summed E-state index contributed by atoms with van der Waals surface area (Å²) in [6.07, 6.45) is 1.53. The SMILES string of the molecule is O=[N+]([O-])c1cccnc1SNCCS. The van der Waals surface area contributed by atoms with Gasteiger partial charge in [-0.2, -0.15) is 12.6 Å². The summed E-state index contributed by atoms with van der Waals surface area (Å²) >= 11 is 5.15. The second-order valence-corrected chi connectivity index (χ2v) is 3.63. The van der Waals surface area contributed by atoms with Crippen molar-refractivity contribution in [3.05, 3.63) is 28.4 Å². The van der Waals surface area contributed by atoms with Crippen molar-refractivity contribution in [2.24, 2.45) is 0 Å². The van der Waals surface area contributed by atoms with Crippen LogP contribution in [-0.4, -0.2) is 22.2 Å². The Kier molecular flexibility index (Phi) is 4.71. The maximum Gasteiger partial charge on any atom is 0.302 e. The molecule has 0 aliphatic carbocycles. The van der Waals surface area contributed by atoms with Gasteiger partial charge in [0, 0.05) is 24.6 Å². The van der Waals surface area contributed by atoms with E-state index in [-0.39, 0.29) is 5.69 Å². The number of hydrogen-bond donors (Lipinski definition) is 2. The maximum atomic E-state index is 10.6. The van der Waals surface area contributed by atoms with Crippen molar-refractivity contribution >= 4 is 30.3 Å². The molecule has 0 saturated carbocycles. The molecule has 1 heterocycles. The lowest BCUT2D eigenvalue weighted by atomic mass is 10.4. The minimum Gasteiger partial charge on any atom is -0.258 e. The lowest BCUT2D eigenvalue weighted by molar-refractivity contribution is -0.388. The molecule has 0 fully saturated rings. The number of nitrogens with one attached hydrogen (secondary N) is 1. The van der Waals surface area contributed by atoms with E-state index in [4.69, 9.17) is 0 Å². The van der Waals surface area contributed by atoms with E-state index in [0.717, 1.165) is 11.9 Å². The van der Waals surface area contributed by atoms with Crippen LogP contribution in [0.3, 0.4) is 0 Å². The Morgan fingerprint density at radius 3 is 3.14 bits per heavy atom. The molecule has 0 aromatic carbocycles. The minimum absolute atomic E-state index is 0.0177. The van der Waals surface area contributed by atoms with Crippen molar-refractivity contribution < 1.29 is 4.92 Å². The normalized spacial score (nSPS) is 10.1. The second-order valence-electron chi connectivity index (χ2n) is 2.30. The second kappa shape index (κ2) is 5.84. The Hall–Kier alpha value is -0.790. The summed E-state index contributed by atoms with van der Waals surface area (Å²) in [4.78, 5) is 14.0. The van der Waals surface area contributed by atoms with Gasteiger partial charge in [0.15, 0.2) is 5.03 Å². The molecule has 76 valence electrons. The van der Waals surface area contributed by atoms with Crippen LogP contribution in [0.25, 0.3) is 0 Å². The molecule has 1 aromatic heterocycles. The molecule has 7 heteroatoms. The molecule has 1 rings (SSSR count). The van der Waals surface area contributed by atoms with Crippen molar-refractivity contribution in [3.8, 4) is 0 Å². The highest BCUT2D eigenvalue weighted by atomic mass is 32.2. The molecular formula is C7H9N3O2S2. The van der Waals surface area contributed by atoms with Crippen LogP contribution in [0.15, 0.2) is 23.4 Å². The molecule has 5 nitrogen and oxygen atoms in total. The minimum atomic E-state index is -0.447. The Morgan fingerprint density at radius 2 is 2.50 bits per heavy atom. The van der Waals surface area contributed by atoms with Crippen molar-refractivity contribution in [2.75, 3.05) is 12.3 Å². The van der Waals surface area contributed by atoms with Gasteiger partial charge in [0.2, 0.25) is 0 Å². The predicted octanol–water partition coefficient (Wildman–Crippen LogP) is 1.52. The third-order valence-corrected chi connectivity index (χ3v) is 2.41. The van der Waals surface area contributed by atoms with Gasteiger partial charge in [-0.25, -0.2) is 4.98 Å². The van der Waals surface area contributed by atoms with Crippen molar-refractivity contribution in [3.63, 3.8) is 0 Å². The molecule has 0 amide bonds. The first-order valence-electron chi connectivity index (χ1n) is 3.85. The average molecular weight is 231 g/mol. The van der Waals surface area contributed by atoms with Crippen LogP contribution in [0.4, 0.5) is 5.69 Å². The van der Waals surface area contributed by atoms with Crippen molar-refractivity contribution in [2.45, 2.75) is 5.03 Å². The van der Waals surface area contributed by atoms with Crippen LogP contribution >= 0.6 is 24.6 Å². The van der Waals surface area contributed by atoms with Gasteiger partial charge in [0.1, 0.15) is 0 Å². The smallest absolute Gasteiger partial charge is 0.258 e. The Labute approximate surface area is 91.0 Å². The number of nitrogens with zero attached hydrogens (tertiary/aromatic N) is 2. The highest BCUT2D eigenvalue weighted by molar-refractivity contribution is 7.97. The monoisotopic (exact) mass is 231 g/mol. The summed E-state index contributed by atoms with van der Waals surface area (Å²) in [5, 5.41) is 10.9. The van der Waals surface area contributed by atoms with Crippen LogP contribution in [0.2, 0.25) is 0 Å². The molecule has 0 saturated heterocycles. The fraction of sp³-hybridized carbons (Fsp3) is 0.286. The number of aromatic nitrogens is 1. The lowest BCUT2D eigenvalue weighted by Gasteiger charge is -2.01. The summed E-state index contributed by atoms with van der Waals surface area (Å²) in [7, 11) is 0. The topological polar surface area (TPSA) is 68.1 Å². The van der Waals surface area contributed by atoms with Crippen LogP contribution in [-0.2, 0) is 0 Å². The molecule has 0 radical (unpaired) electrons. The largest absolute Gasteiger partial charge is 0.302 e. The molecule has 0 spiro atoms. The van der Waals surface area contributed by atoms with E-state index in [1.165, 1.54) is 12.3 Å². The molecule has 1 aromatic rings. The predicted molar refractivity (Wildman–Crippen MR) is 58.6 cm³/mol. The maximum absolute atomic E-state index is 10.6. The van der Waals surface area contributed by atoms with Crippen LogP contribution in [0, 0.1) is 10.1 Å². The summed E-state index contributed by atoms with van der Waals surface area (Å²) in [6, 6.07) is 2.97. The number of rotatable bonds is 5. The van der Waals surface area contributed by atoms with Crippen LogP contribution in [0.1, 0.15) is 0 Å². The fourth-order valence-electron chi connectivity index (χ4n) is 0.765. The van der Waals surface area contributed by atoms with E-state index in [9.17, 15) is 10.1 Å². The molecule has 0 atom stereocenters. The number of thiol groups is 1. The Bertz CT molecular complexity index is 322. The van der Waals surface area contributed by atoms with Crippen molar-refractivity contribution in [1.82, 2.24) is 9.71 Å². The zero-order valence-corrected chi connectivity index (χ0v) is 8.92. The van der Waals surface area contributed by atoms with E-state index in [0.29, 0.717) is 17.3 Å². The van der Waals surface area contributed by atoms with Crippen LogP contribution in [0.5, 0.6) is 0 Å². The molecule has 0 bridgehead atoms. The van der Waals surface area contributed by atoms with Crippen LogP contribution < -0.4 is 4.72 Å². The Balaban J connectivity index is 2.69. The third-order valence-electron chi connectivity index (χ3n) is 1.33. The van der Waals surface area contributed by atoms with Gasteiger partial charge >= 0.3 is 5.69 Å². The molecule has 0 aliphatic rings. The molecule has 0 unspecified atom stereocenters. The first-order valence-corrected chi connectivity index (χ1v) is 5.30. The quantitative estimate of drug-likeness (QED) is 0.264. The fourth-order valence-corrected chi connectivity index (χ4v) is 1.73. The van der Waals surface area contributed by atoms with Gasteiger partial charge in [-0.05, 0) is 18.0 Å². The Morgan fingerprint density at radius 1 is 1.71 bits per heavy atom.